The lowest BCUT2D eigenvalue weighted by Crippen LogP contribution is -2.27. The maximum atomic E-state index is 11.0. The average molecular weight is 375 g/mol. The van der Waals surface area contributed by atoms with Crippen LogP contribution in [0.25, 0.3) is 0 Å². The van der Waals surface area contributed by atoms with Crippen molar-refractivity contribution in [1.29, 1.82) is 0 Å². The van der Waals surface area contributed by atoms with E-state index in [9.17, 15) is 4.79 Å². The number of rotatable bonds is 8. The van der Waals surface area contributed by atoms with Gasteiger partial charge in [-0.3, -0.25) is 9.36 Å². The molecule has 0 bridgehead atoms. The third kappa shape index (κ3) is 4.58. The van der Waals surface area contributed by atoms with Gasteiger partial charge in [-0.05, 0) is 25.3 Å². The summed E-state index contributed by atoms with van der Waals surface area (Å²) in [5, 5.41) is 18.6. The Morgan fingerprint density at radius 3 is 2.62 bits per heavy atom. The molecule has 6 nitrogen and oxygen atoms in total. The Morgan fingerprint density at radius 2 is 1.96 bits per heavy atom. The van der Waals surface area contributed by atoms with E-state index in [0.717, 1.165) is 37.0 Å². The van der Waals surface area contributed by atoms with E-state index in [2.05, 4.69) is 38.7 Å². The van der Waals surface area contributed by atoms with Crippen molar-refractivity contribution in [3.05, 3.63) is 35.9 Å². The van der Waals surface area contributed by atoms with Gasteiger partial charge in [0.25, 0.3) is 0 Å². The zero-order valence-corrected chi connectivity index (χ0v) is 16.0. The monoisotopic (exact) mass is 374 g/mol. The summed E-state index contributed by atoms with van der Waals surface area (Å²) in [4.78, 5) is 13.2. The van der Waals surface area contributed by atoms with Crippen LogP contribution in [0.15, 0.2) is 35.5 Å². The molecule has 1 N–H and O–H groups in total. The fourth-order valence-electron chi connectivity index (χ4n) is 3.50. The minimum atomic E-state index is -0.827. The quantitative estimate of drug-likeness (QED) is 0.705. The Hall–Kier alpha value is -2.02. The Morgan fingerprint density at radius 1 is 1.23 bits per heavy atom. The van der Waals surface area contributed by atoms with Crippen LogP contribution in [0.3, 0.4) is 0 Å². The lowest BCUT2D eigenvalue weighted by Gasteiger charge is -2.29. The van der Waals surface area contributed by atoms with Gasteiger partial charge in [0.2, 0.25) is 5.95 Å². The van der Waals surface area contributed by atoms with E-state index in [1.165, 1.54) is 36.6 Å². The van der Waals surface area contributed by atoms with Crippen molar-refractivity contribution in [3.63, 3.8) is 0 Å². The molecular formula is C19H26N4O2S. The first-order valence-corrected chi connectivity index (χ1v) is 10.3. The van der Waals surface area contributed by atoms with E-state index in [0.29, 0.717) is 6.04 Å². The van der Waals surface area contributed by atoms with Crippen molar-refractivity contribution in [1.82, 2.24) is 14.8 Å². The van der Waals surface area contributed by atoms with E-state index in [1.807, 2.05) is 18.2 Å². The average Bonchev–Trinajstić information content (AvgIpc) is 3.09. The van der Waals surface area contributed by atoms with Crippen LogP contribution < -0.4 is 4.90 Å². The van der Waals surface area contributed by atoms with E-state index in [1.54, 1.807) is 0 Å². The minimum Gasteiger partial charge on any atom is -0.481 e. The molecule has 1 aromatic heterocycles. The molecule has 1 fully saturated rings. The van der Waals surface area contributed by atoms with Crippen molar-refractivity contribution in [2.45, 2.75) is 56.8 Å². The van der Waals surface area contributed by atoms with E-state index >= 15 is 0 Å². The summed E-state index contributed by atoms with van der Waals surface area (Å²) >= 11 is 1.27. The number of carbonyl (C=O) groups is 1. The number of nitrogens with zero attached hydrogens (tertiary/aromatic N) is 4. The Labute approximate surface area is 158 Å². The Bertz CT molecular complexity index is 714. The maximum absolute atomic E-state index is 11.0. The zero-order valence-electron chi connectivity index (χ0n) is 15.2. The summed E-state index contributed by atoms with van der Waals surface area (Å²) < 4.78 is 2.19. The number of carboxylic acid groups (broad SMARTS) is 1. The summed E-state index contributed by atoms with van der Waals surface area (Å²) in [5.41, 5.74) is 1.23. The third-order valence-corrected chi connectivity index (χ3v) is 5.72. The highest BCUT2D eigenvalue weighted by Crippen LogP contribution is 2.35. The number of benzene rings is 1. The molecule has 1 saturated carbocycles. The molecule has 7 heteroatoms. The van der Waals surface area contributed by atoms with Crippen LogP contribution >= 0.6 is 11.8 Å². The predicted octanol–water partition coefficient (Wildman–Crippen LogP) is 3.99. The number of carboxylic acids is 1. The fraction of sp³-hybridized carbons (Fsp3) is 0.526. The van der Waals surface area contributed by atoms with Crippen molar-refractivity contribution < 1.29 is 9.90 Å². The molecule has 2 aromatic rings. The normalized spacial score (nSPS) is 15.1. The SMILES string of the molecule is CCN(Cc1ccccc1)c1nnc(SCC(=O)O)n1C1CCCCC1. The highest BCUT2D eigenvalue weighted by atomic mass is 32.2. The van der Waals surface area contributed by atoms with Crippen molar-refractivity contribution in [2.75, 3.05) is 17.2 Å². The van der Waals surface area contributed by atoms with Gasteiger partial charge < -0.3 is 10.0 Å². The fourth-order valence-corrected chi connectivity index (χ4v) is 4.22. The van der Waals surface area contributed by atoms with Gasteiger partial charge in [0.05, 0.1) is 5.75 Å². The lowest BCUT2D eigenvalue weighted by molar-refractivity contribution is -0.133. The number of anilines is 1. The van der Waals surface area contributed by atoms with Crippen LogP contribution in [0.2, 0.25) is 0 Å². The minimum absolute atomic E-state index is 0.00959. The van der Waals surface area contributed by atoms with E-state index in [-0.39, 0.29) is 5.75 Å². The topological polar surface area (TPSA) is 71.2 Å². The molecule has 0 radical (unpaired) electrons. The van der Waals surface area contributed by atoms with Crippen molar-refractivity contribution in [3.8, 4) is 0 Å². The highest BCUT2D eigenvalue weighted by molar-refractivity contribution is 7.99. The molecule has 0 aliphatic heterocycles. The highest BCUT2D eigenvalue weighted by Gasteiger charge is 2.26. The van der Waals surface area contributed by atoms with Crippen LogP contribution in [-0.2, 0) is 11.3 Å². The summed E-state index contributed by atoms with van der Waals surface area (Å²) in [6.07, 6.45) is 5.89. The molecule has 140 valence electrons. The van der Waals surface area contributed by atoms with Gasteiger partial charge in [-0.25, -0.2) is 0 Å². The Balaban J connectivity index is 1.89. The third-order valence-electron chi connectivity index (χ3n) is 4.79. The van der Waals surface area contributed by atoms with Gasteiger partial charge in [0.15, 0.2) is 5.16 Å². The molecule has 26 heavy (non-hydrogen) atoms. The van der Waals surface area contributed by atoms with Gasteiger partial charge in [-0.15, -0.1) is 10.2 Å². The van der Waals surface area contributed by atoms with Crippen molar-refractivity contribution >= 4 is 23.7 Å². The molecule has 3 rings (SSSR count). The molecular weight excluding hydrogens is 348 g/mol. The molecule has 1 aliphatic carbocycles. The molecule has 1 aromatic carbocycles. The van der Waals surface area contributed by atoms with Gasteiger partial charge >= 0.3 is 5.97 Å². The van der Waals surface area contributed by atoms with Crippen LogP contribution in [0.4, 0.5) is 5.95 Å². The zero-order chi connectivity index (χ0) is 18.4. The Kier molecular flexibility index (Phi) is 6.55. The lowest BCUT2D eigenvalue weighted by atomic mass is 9.95. The standard InChI is InChI=1S/C19H26N4O2S/c1-2-22(13-15-9-5-3-6-10-15)18-20-21-19(26-14-17(24)25)23(18)16-11-7-4-8-12-16/h3,5-6,9-10,16H,2,4,7-8,11-14H2,1H3,(H,24,25). The molecule has 0 saturated heterocycles. The summed E-state index contributed by atoms with van der Waals surface area (Å²) in [5.74, 6) is 0.0397. The second-order valence-electron chi connectivity index (χ2n) is 6.63. The first kappa shape index (κ1) is 18.8. The van der Waals surface area contributed by atoms with Crippen LogP contribution in [-0.4, -0.2) is 38.1 Å². The first-order valence-electron chi connectivity index (χ1n) is 9.27. The second-order valence-corrected chi connectivity index (χ2v) is 7.57. The summed E-state index contributed by atoms with van der Waals surface area (Å²) in [6, 6.07) is 10.7. The molecule has 1 aliphatic rings. The van der Waals surface area contributed by atoms with E-state index < -0.39 is 5.97 Å². The largest absolute Gasteiger partial charge is 0.481 e. The van der Waals surface area contributed by atoms with Gasteiger partial charge in [0.1, 0.15) is 0 Å². The van der Waals surface area contributed by atoms with Crippen LogP contribution in [0, 0.1) is 0 Å². The molecule has 0 atom stereocenters. The first-order chi connectivity index (χ1) is 12.7. The number of hydrogen-bond donors (Lipinski definition) is 1. The van der Waals surface area contributed by atoms with Gasteiger partial charge in [-0.1, -0.05) is 61.4 Å². The molecule has 1 heterocycles. The summed E-state index contributed by atoms with van der Waals surface area (Å²) in [7, 11) is 0. The number of thioether (sulfide) groups is 1. The number of hydrogen-bond acceptors (Lipinski definition) is 5. The van der Waals surface area contributed by atoms with Crippen LogP contribution in [0.1, 0.15) is 50.6 Å². The number of aliphatic carboxylic acids is 1. The molecule has 0 spiro atoms. The van der Waals surface area contributed by atoms with Crippen LogP contribution in [0.5, 0.6) is 0 Å². The predicted molar refractivity (Wildman–Crippen MR) is 104 cm³/mol. The smallest absolute Gasteiger partial charge is 0.313 e. The summed E-state index contributed by atoms with van der Waals surface area (Å²) in [6.45, 7) is 3.71. The maximum Gasteiger partial charge on any atom is 0.313 e. The number of aromatic nitrogens is 3. The second kappa shape index (κ2) is 9.07. The molecule has 0 unspecified atom stereocenters. The van der Waals surface area contributed by atoms with Gasteiger partial charge in [-0.2, -0.15) is 0 Å². The van der Waals surface area contributed by atoms with Gasteiger partial charge in [0, 0.05) is 19.1 Å². The molecule has 0 amide bonds. The van der Waals surface area contributed by atoms with E-state index in [4.69, 9.17) is 5.11 Å². The van der Waals surface area contributed by atoms with Crippen molar-refractivity contribution in [2.24, 2.45) is 0 Å².